The van der Waals surface area contributed by atoms with Crippen molar-refractivity contribution < 1.29 is 21.9 Å². The van der Waals surface area contributed by atoms with Crippen molar-refractivity contribution in [1.82, 2.24) is 4.31 Å². The number of methoxy groups -OCH3 is 1. The summed E-state index contributed by atoms with van der Waals surface area (Å²) >= 11 is 0. The maximum Gasteiger partial charge on any atom is 0.245 e. The van der Waals surface area contributed by atoms with Crippen LogP contribution in [0.3, 0.4) is 0 Å². The van der Waals surface area contributed by atoms with Crippen LogP contribution in [0.4, 0.5) is 14.5 Å². The van der Waals surface area contributed by atoms with Gasteiger partial charge in [-0.1, -0.05) is 0 Å². The first-order valence-electron chi connectivity index (χ1n) is 5.00. The molecule has 0 fully saturated rings. The molecule has 0 saturated heterocycles. The summed E-state index contributed by atoms with van der Waals surface area (Å²) in [7, 11) is -1.36. The second kappa shape index (κ2) is 5.59. The molecule has 0 aliphatic heterocycles. The maximum absolute atomic E-state index is 13.5. The number of nitrogens with two attached hydrogens (primary N) is 1. The molecular weight excluding hydrogens is 266 g/mol. The molecule has 0 bridgehead atoms. The van der Waals surface area contributed by atoms with Gasteiger partial charge in [0.05, 0.1) is 12.3 Å². The Bertz CT molecular complexity index is 534. The van der Waals surface area contributed by atoms with Crippen LogP contribution < -0.4 is 5.73 Å². The van der Waals surface area contributed by atoms with E-state index in [0.29, 0.717) is 6.07 Å². The second-order valence-corrected chi connectivity index (χ2v) is 5.64. The van der Waals surface area contributed by atoms with Gasteiger partial charge in [0.1, 0.15) is 16.5 Å². The maximum atomic E-state index is 13.5. The minimum absolute atomic E-state index is 0.0511. The Hall–Kier alpha value is -1.25. The highest BCUT2D eigenvalue weighted by molar-refractivity contribution is 7.89. The molecule has 1 aromatic rings. The van der Waals surface area contributed by atoms with E-state index in [0.717, 1.165) is 10.4 Å². The van der Waals surface area contributed by atoms with Gasteiger partial charge < -0.3 is 10.5 Å². The zero-order valence-electron chi connectivity index (χ0n) is 9.98. The number of hydrogen-bond donors (Lipinski definition) is 1. The molecule has 0 atom stereocenters. The fraction of sp³-hybridized carbons (Fsp3) is 0.400. The van der Waals surface area contributed by atoms with Gasteiger partial charge in [0, 0.05) is 26.8 Å². The van der Waals surface area contributed by atoms with Gasteiger partial charge in [-0.25, -0.2) is 17.2 Å². The van der Waals surface area contributed by atoms with Crippen LogP contribution in [-0.4, -0.2) is 40.0 Å². The zero-order valence-corrected chi connectivity index (χ0v) is 10.8. The number of ether oxygens (including phenoxy) is 1. The first-order valence-corrected chi connectivity index (χ1v) is 6.44. The SMILES string of the molecule is COCCN(C)S(=O)(=O)c1cc(N)c(F)cc1F. The van der Waals surface area contributed by atoms with Crippen molar-refractivity contribution in [3.05, 3.63) is 23.8 Å². The molecule has 2 N–H and O–H groups in total. The van der Waals surface area contributed by atoms with E-state index in [2.05, 4.69) is 0 Å². The number of benzene rings is 1. The van der Waals surface area contributed by atoms with Crippen molar-refractivity contribution in [1.29, 1.82) is 0 Å². The molecular formula is C10H14F2N2O3S. The minimum Gasteiger partial charge on any atom is -0.396 e. The highest BCUT2D eigenvalue weighted by atomic mass is 32.2. The van der Waals surface area contributed by atoms with Gasteiger partial charge in [-0.3, -0.25) is 0 Å². The van der Waals surface area contributed by atoms with E-state index in [1.54, 1.807) is 0 Å². The summed E-state index contributed by atoms with van der Waals surface area (Å²) in [5.41, 5.74) is 4.82. The molecule has 8 heteroatoms. The average molecular weight is 280 g/mol. The van der Waals surface area contributed by atoms with E-state index in [4.69, 9.17) is 10.5 Å². The predicted molar refractivity (Wildman–Crippen MR) is 62.5 cm³/mol. The van der Waals surface area contributed by atoms with Gasteiger partial charge >= 0.3 is 0 Å². The molecule has 1 rings (SSSR count). The average Bonchev–Trinajstić information content (AvgIpc) is 2.30. The number of nitrogen functional groups attached to an aromatic ring is 1. The van der Waals surface area contributed by atoms with Crippen molar-refractivity contribution in [2.24, 2.45) is 0 Å². The Kier molecular flexibility index (Phi) is 4.60. The lowest BCUT2D eigenvalue weighted by Crippen LogP contribution is -2.30. The Morgan fingerprint density at radius 1 is 1.33 bits per heavy atom. The number of likely N-dealkylation sites (N-methyl/N-ethyl adjacent to an activating group) is 1. The van der Waals surface area contributed by atoms with Crippen molar-refractivity contribution in [3.63, 3.8) is 0 Å². The molecule has 0 amide bonds. The summed E-state index contributed by atoms with van der Waals surface area (Å²) in [4.78, 5) is -0.653. The molecule has 0 radical (unpaired) electrons. The predicted octanol–water partition coefficient (Wildman–Crippen LogP) is 0.814. The van der Waals surface area contributed by atoms with Crippen LogP contribution in [0.25, 0.3) is 0 Å². The van der Waals surface area contributed by atoms with Crippen LogP contribution in [0.15, 0.2) is 17.0 Å². The summed E-state index contributed by atoms with van der Waals surface area (Å²) in [5.74, 6) is -2.17. The molecule has 0 spiro atoms. The first kappa shape index (κ1) is 14.8. The number of rotatable bonds is 5. The largest absolute Gasteiger partial charge is 0.396 e. The number of hydrogen-bond acceptors (Lipinski definition) is 4. The smallest absolute Gasteiger partial charge is 0.245 e. The summed E-state index contributed by atoms with van der Waals surface area (Å²) in [6.45, 7) is 0.212. The van der Waals surface area contributed by atoms with Crippen LogP contribution in [0.2, 0.25) is 0 Å². The van der Waals surface area contributed by atoms with Crippen molar-refractivity contribution >= 4 is 15.7 Å². The lowest BCUT2D eigenvalue weighted by Gasteiger charge is -2.17. The zero-order chi connectivity index (χ0) is 13.9. The van der Waals surface area contributed by atoms with Gasteiger partial charge in [0.25, 0.3) is 0 Å². The molecule has 0 heterocycles. The Labute approximate surface area is 104 Å². The fourth-order valence-electron chi connectivity index (χ4n) is 1.25. The second-order valence-electron chi connectivity index (χ2n) is 3.62. The summed E-state index contributed by atoms with van der Waals surface area (Å²) in [6.07, 6.45) is 0. The van der Waals surface area contributed by atoms with Crippen LogP contribution >= 0.6 is 0 Å². The van der Waals surface area contributed by atoms with Crippen molar-refractivity contribution in [2.45, 2.75) is 4.90 Å². The monoisotopic (exact) mass is 280 g/mol. The van der Waals surface area contributed by atoms with Crippen LogP contribution in [0, 0.1) is 11.6 Å². The Morgan fingerprint density at radius 3 is 2.50 bits per heavy atom. The van der Waals surface area contributed by atoms with E-state index >= 15 is 0 Å². The number of sulfonamides is 1. The molecule has 0 saturated carbocycles. The van der Waals surface area contributed by atoms with E-state index in [1.807, 2.05) is 0 Å². The number of nitrogens with zero attached hydrogens (tertiary/aromatic N) is 1. The number of halogens is 2. The third-order valence-electron chi connectivity index (χ3n) is 2.35. The van der Waals surface area contributed by atoms with Gasteiger partial charge in [0.2, 0.25) is 10.0 Å². The van der Waals surface area contributed by atoms with E-state index in [1.165, 1.54) is 14.2 Å². The quantitative estimate of drug-likeness (QED) is 0.810. The molecule has 18 heavy (non-hydrogen) atoms. The van der Waals surface area contributed by atoms with Crippen molar-refractivity contribution in [3.8, 4) is 0 Å². The Balaban J connectivity index is 3.16. The highest BCUT2D eigenvalue weighted by Gasteiger charge is 2.25. The lowest BCUT2D eigenvalue weighted by molar-refractivity contribution is 0.185. The summed E-state index contributed by atoms with van der Waals surface area (Å²) < 4.78 is 56.0. The minimum atomic E-state index is -4.05. The van der Waals surface area contributed by atoms with Gasteiger partial charge in [0.15, 0.2) is 0 Å². The lowest BCUT2D eigenvalue weighted by atomic mass is 10.3. The summed E-state index contributed by atoms with van der Waals surface area (Å²) in [5, 5.41) is 0. The number of anilines is 1. The summed E-state index contributed by atoms with van der Waals surface area (Å²) in [6, 6.07) is 1.22. The van der Waals surface area contributed by atoms with Crippen LogP contribution in [0.1, 0.15) is 0 Å². The standard InChI is InChI=1S/C10H14F2N2O3S/c1-14(3-4-17-2)18(15,16)10-6-9(13)7(11)5-8(10)12/h5-6H,3-4,13H2,1-2H3. The molecule has 0 aliphatic carbocycles. The van der Waals surface area contributed by atoms with Gasteiger partial charge in [-0.05, 0) is 6.07 Å². The van der Waals surface area contributed by atoms with Gasteiger partial charge in [-0.15, -0.1) is 0 Å². The molecule has 102 valence electrons. The molecule has 0 aromatic heterocycles. The topological polar surface area (TPSA) is 72.6 Å². The van der Waals surface area contributed by atoms with Crippen LogP contribution in [0.5, 0.6) is 0 Å². The normalized spacial score (nSPS) is 12.1. The third kappa shape index (κ3) is 2.95. The van der Waals surface area contributed by atoms with Crippen molar-refractivity contribution in [2.75, 3.05) is 33.0 Å². The van der Waals surface area contributed by atoms with Crippen LogP contribution in [-0.2, 0) is 14.8 Å². The first-order chi connectivity index (χ1) is 8.30. The van der Waals surface area contributed by atoms with E-state index in [9.17, 15) is 17.2 Å². The molecule has 0 unspecified atom stereocenters. The molecule has 5 nitrogen and oxygen atoms in total. The fourth-order valence-corrected chi connectivity index (χ4v) is 2.48. The Morgan fingerprint density at radius 2 is 1.94 bits per heavy atom. The molecule has 0 aliphatic rings. The highest BCUT2D eigenvalue weighted by Crippen LogP contribution is 2.23. The van der Waals surface area contributed by atoms with Gasteiger partial charge in [-0.2, -0.15) is 4.31 Å². The van der Waals surface area contributed by atoms with E-state index in [-0.39, 0.29) is 13.2 Å². The molecule has 1 aromatic carbocycles. The van der Waals surface area contributed by atoms with E-state index < -0.39 is 32.2 Å². The third-order valence-corrected chi connectivity index (χ3v) is 4.22.